The van der Waals surface area contributed by atoms with Crippen LogP contribution >= 0.6 is 24.0 Å². The first-order valence-electron chi connectivity index (χ1n) is 11.7. The number of likely N-dealkylation sites (tertiary alicyclic amines) is 2. The summed E-state index contributed by atoms with van der Waals surface area (Å²) in [5.74, 6) is 2.13. The van der Waals surface area contributed by atoms with Gasteiger partial charge in [-0.15, -0.1) is 24.0 Å². The molecule has 30 heavy (non-hydrogen) atoms. The second-order valence-electron chi connectivity index (χ2n) is 9.11. The van der Waals surface area contributed by atoms with Gasteiger partial charge in [-0.2, -0.15) is 0 Å². The van der Waals surface area contributed by atoms with Crippen molar-refractivity contribution in [1.82, 2.24) is 15.1 Å². The van der Waals surface area contributed by atoms with Gasteiger partial charge in [0.05, 0.1) is 6.10 Å². The average Bonchev–Trinajstić information content (AvgIpc) is 3.16. The van der Waals surface area contributed by atoms with Gasteiger partial charge in [0.1, 0.15) is 0 Å². The molecule has 4 unspecified atom stereocenters. The molecule has 1 aliphatic carbocycles. The van der Waals surface area contributed by atoms with Gasteiger partial charge >= 0.3 is 0 Å². The Kier molecular flexibility index (Phi) is 9.26. The number of halogens is 1. The van der Waals surface area contributed by atoms with E-state index in [4.69, 9.17) is 4.99 Å². The number of aliphatic imine (C=N–C) groups is 1. The number of aliphatic hydroxyl groups is 1. The van der Waals surface area contributed by atoms with Gasteiger partial charge in [-0.25, -0.2) is 0 Å². The second-order valence-corrected chi connectivity index (χ2v) is 9.11. The Morgan fingerprint density at radius 2 is 1.93 bits per heavy atom. The molecule has 0 bridgehead atoms. The van der Waals surface area contributed by atoms with E-state index in [0.29, 0.717) is 12.0 Å². The predicted octanol–water partition coefficient (Wildman–Crippen LogP) is 3.72. The lowest BCUT2D eigenvalue weighted by Gasteiger charge is -2.48. The number of benzene rings is 1. The first-order valence-corrected chi connectivity index (χ1v) is 11.7. The van der Waals surface area contributed by atoms with Gasteiger partial charge in [-0.05, 0) is 57.1 Å². The normalized spacial score (nSPS) is 29.9. The number of hydrogen-bond donors (Lipinski definition) is 2. The zero-order valence-electron chi connectivity index (χ0n) is 18.4. The van der Waals surface area contributed by atoms with E-state index in [-0.39, 0.29) is 30.1 Å². The Hall–Kier alpha value is -0.860. The van der Waals surface area contributed by atoms with Crippen LogP contribution in [0.3, 0.4) is 0 Å². The van der Waals surface area contributed by atoms with E-state index in [2.05, 4.69) is 52.4 Å². The number of nitrogens with one attached hydrogen (secondary N) is 1. The zero-order chi connectivity index (χ0) is 20.1. The summed E-state index contributed by atoms with van der Waals surface area (Å²) >= 11 is 0. The van der Waals surface area contributed by atoms with Crippen LogP contribution < -0.4 is 5.32 Å². The van der Waals surface area contributed by atoms with E-state index in [1.807, 2.05) is 0 Å². The van der Waals surface area contributed by atoms with Crippen molar-refractivity contribution in [2.24, 2.45) is 16.8 Å². The third-order valence-corrected chi connectivity index (χ3v) is 7.14. The SMILES string of the molecule is CCNC(=NCC1CCCC1O)N1CCC2C(CCCN2Cc2ccccc2)C1.I. The minimum atomic E-state index is -0.155. The molecule has 3 aliphatic rings. The lowest BCUT2D eigenvalue weighted by atomic mass is 9.83. The van der Waals surface area contributed by atoms with E-state index >= 15 is 0 Å². The summed E-state index contributed by atoms with van der Waals surface area (Å²) in [5.41, 5.74) is 1.43. The van der Waals surface area contributed by atoms with Gasteiger partial charge < -0.3 is 15.3 Å². The number of piperidine rings is 2. The molecule has 2 N–H and O–H groups in total. The number of fused-ring (bicyclic) bond motifs is 1. The highest BCUT2D eigenvalue weighted by atomic mass is 127. The maximum absolute atomic E-state index is 10.1. The summed E-state index contributed by atoms with van der Waals surface area (Å²) in [5, 5.41) is 13.7. The number of rotatable bonds is 5. The van der Waals surface area contributed by atoms with Crippen LogP contribution in [0, 0.1) is 11.8 Å². The molecule has 2 aliphatic heterocycles. The molecule has 1 aromatic rings. The van der Waals surface area contributed by atoms with E-state index in [1.54, 1.807) is 0 Å². The largest absolute Gasteiger partial charge is 0.393 e. The van der Waals surface area contributed by atoms with Gasteiger partial charge in [0, 0.05) is 44.7 Å². The van der Waals surface area contributed by atoms with Crippen LogP contribution in [-0.2, 0) is 6.54 Å². The Balaban J connectivity index is 0.00000256. The van der Waals surface area contributed by atoms with Crippen molar-refractivity contribution in [3.63, 3.8) is 0 Å². The molecule has 0 aromatic heterocycles. The molecule has 1 saturated carbocycles. The molecule has 6 heteroatoms. The maximum atomic E-state index is 10.1. The Morgan fingerprint density at radius 1 is 1.10 bits per heavy atom. The van der Waals surface area contributed by atoms with Crippen LogP contribution in [0.5, 0.6) is 0 Å². The van der Waals surface area contributed by atoms with E-state index in [0.717, 1.165) is 63.9 Å². The van der Waals surface area contributed by atoms with E-state index < -0.39 is 0 Å². The number of nitrogens with zero attached hydrogens (tertiary/aromatic N) is 3. The number of guanidine groups is 1. The summed E-state index contributed by atoms with van der Waals surface area (Å²) in [6.07, 6.45) is 6.88. The molecule has 4 atom stereocenters. The Bertz CT molecular complexity index is 670. The second kappa shape index (κ2) is 11.7. The molecule has 2 heterocycles. The fourth-order valence-electron chi connectivity index (χ4n) is 5.57. The van der Waals surface area contributed by atoms with Crippen molar-refractivity contribution in [2.45, 2.75) is 64.1 Å². The van der Waals surface area contributed by atoms with Gasteiger partial charge in [0.25, 0.3) is 0 Å². The molecule has 4 rings (SSSR count). The zero-order valence-corrected chi connectivity index (χ0v) is 20.7. The van der Waals surface area contributed by atoms with Gasteiger partial charge in [-0.3, -0.25) is 9.89 Å². The van der Waals surface area contributed by atoms with Crippen LogP contribution in [0.15, 0.2) is 35.3 Å². The molecular weight excluding hydrogens is 487 g/mol. The summed E-state index contributed by atoms with van der Waals surface area (Å²) in [4.78, 5) is 10.2. The topological polar surface area (TPSA) is 51.1 Å². The molecular formula is C24H39IN4O. The van der Waals surface area contributed by atoms with E-state index in [9.17, 15) is 5.11 Å². The third-order valence-electron chi connectivity index (χ3n) is 7.14. The third kappa shape index (κ3) is 5.88. The minimum Gasteiger partial charge on any atom is -0.393 e. The predicted molar refractivity (Wildman–Crippen MR) is 134 cm³/mol. The van der Waals surface area contributed by atoms with Crippen LogP contribution in [0.1, 0.15) is 51.0 Å². The fraction of sp³-hybridized carbons (Fsp3) is 0.708. The van der Waals surface area contributed by atoms with Crippen LogP contribution in [-0.4, -0.2) is 65.7 Å². The highest BCUT2D eigenvalue weighted by Gasteiger charge is 2.36. The van der Waals surface area contributed by atoms with Gasteiger partial charge in [0.2, 0.25) is 0 Å². The molecule has 5 nitrogen and oxygen atoms in total. The molecule has 2 saturated heterocycles. The van der Waals surface area contributed by atoms with Crippen molar-refractivity contribution in [2.75, 3.05) is 32.7 Å². The van der Waals surface area contributed by atoms with Crippen molar-refractivity contribution in [1.29, 1.82) is 0 Å². The minimum absolute atomic E-state index is 0. The monoisotopic (exact) mass is 526 g/mol. The average molecular weight is 527 g/mol. The first-order chi connectivity index (χ1) is 14.2. The molecule has 1 aromatic carbocycles. The van der Waals surface area contributed by atoms with Crippen molar-refractivity contribution in [3.05, 3.63) is 35.9 Å². The summed E-state index contributed by atoms with van der Waals surface area (Å²) in [7, 11) is 0. The maximum Gasteiger partial charge on any atom is 0.193 e. The molecule has 168 valence electrons. The summed E-state index contributed by atoms with van der Waals surface area (Å²) in [6, 6.07) is 11.6. The van der Waals surface area contributed by atoms with Gasteiger partial charge in [-0.1, -0.05) is 36.8 Å². The van der Waals surface area contributed by atoms with Crippen LogP contribution in [0.2, 0.25) is 0 Å². The van der Waals surface area contributed by atoms with Crippen molar-refractivity contribution in [3.8, 4) is 0 Å². The van der Waals surface area contributed by atoms with Crippen LogP contribution in [0.25, 0.3) is 0 Å². The molecule has 0 spiro atoms. The molecule has 0 amide bonds. The molecule has 3 fully saturated rings. The lowest BCUT2D eigenvalue weighted by Crippen LogP contribution is -2.56. The Labute approximate surface area is 199 Å². The van der Waals surface area contributed by atoms with E-state index in [1.165, 1.54) is 31.4 Å². The van der Waals surface area contributed by atoms with Crippen LogP contribution in [0.4, 0.5) is 0 Å². The first kappa shape index (κ1) is 23.8. The van der Waals surface area contributed by atoms with Gasteiger partial charge in [0.15, 0.2) is 5.96 Å². The Morgan fingerprint density at radius 3 is 2.67 bits per heavy atom. The van der Waals surface area contributed by atoms with Crippen molar-refractivity contribution < 1.29 is 5.11 Å². The summed E-state index contributed by atoms with van der Waals surface area (Å²) < 4.78 is 0. The highest BCUT2D eigenvalue weighted by molar-refractivity contribution is 14.0. The summed E-state index contributed by atoms with van der Waals surface area (Å²) in [6.45, 7) is 8.29. The number of aliphatic hydroxyl groups excluding tert-OH is 1. The quantitative estimate of drug-likeness (QED) is 0.349. The lowest BCUT2D eigenvalue weighted by molar-refractivity contribution is 0.0372. The standard InChI is InChI=1S/C24H38N4O.HI/c1-2-25-24(26-16-20-10-6-12-23(20)29)28-15-13-22-21(18-28)11-7-14-27(22)17-19-8-4-3-5-9-19;/h3-5,8-9,20-23,29H,2,6-7,10-18H2,1H3,(H,25,26);1H. The highest BCUT2D eigenvalue weighted by Crippen LogP contribution is 2.32. The van der Waals surface area contributed by atoms with Crippen molar-refractivity contribution >= 4 is 29.9 Å². The smallest absolute Gasteiger partial charge is 0.193 e. The number of hydrogen-bond acceptors (Lipinski definition) is 3. The molecule has 0 radical (unpaired) electrons. The fourth-order valence-corrected chi connectivity index (χ4v) is 5.57.